The van der Waals surface area contributed by atoms with Crippen molar-refractivity contribution < 1.29 is 18.3 Å². The predicted molar refractivity (Wildman–Crippen MR) is 62.1 cm³/mol. The zero-order chi connectivity index (χ0) is 13.8. The van der Waals surface area contributed by atoms with Gasteiger partial charge in [-0.3, -0.25) is 15.2 Å². The van der Waals surface area contributed by atoms with E-state index in [1.165, 1.54) is 24.3 Å². The van der Waals surface area contributed by atoms with Gasteiger partial charge in [0, 0.05) is 5.56 Å². The van der Waals surface area contributed by atoms with Crippen molar-refractivity contribution in [2.24, 2.45) is 0 Å². The molecule has 0 radical (unpaired) electrons. The summed E-state index contributed by atoms with van der Waals surface area (Å²) in [5.74, 6) is 0.0558. The van der Waals surface area contributed by atoms with Crippen LogP contribution in [0.5, 0.6) is 5.75 Å². The van der Waals surface area contributed by atoms with Gasteiger partial charge in [-0.15, -0.1) is 5.10 Å². The molecule has 19 heavy (non-hydrogen) atoms. The SMILES string of the molecule is Cc1nc(NC(=O)c2cccc(OC(F)F)c2)n[nH]1. The maximum Gasteiger partial charge on any atom is 0.387 e. The lowest BCUT2D eigenvalue weighted by molar-refractivity contribution is -0.0498. The molecule has 0 spiro atoms. The number of hydrogen-bond acceptors (Lipinski definition) is 4. The van der Waals surface area contributed by atoms with E-state index >= 15 is 0 Å². The number of hydrogen-bond donors (Lipinski definition) is 2. The first kappa shape index (κ1) is 12.9. The summed E-state index contributed by atoms with van der Waals surface area (Å²) in [4.78, 5) is 15.7. The Morgan fingerprint density at radius 3 is 2.89 bits per heavy atom. The van der Waals surface area contributed by atoms with E-state index in [2.05, 4.69) is 25.2 Å². The number of halogens is 2. The molecule has 0 aliphatic rings. The zero-order valence-corrected chi connectivity index (χ0v) is 9.85. The van der Waals surface area contributed by atoms with Crippen LogP contribution in [0.1, 0.15) is 16.2 Å². The van der Waals surface area contributed by atoms with E-state index in [4.69, 9.17) is 0 Å². The normalized spacial score (nSPS) is 10.5. The molecule has 100 valence electrons. The van der Waals surface area contributed by atoms with Crippen LogP contribution >= 0.6 is 0 Å². The molecule has 1 aromatic heterocycles. The van der Waals surface area contributed by atoms with Crippen molar-refractivity contribution in [2.75, 3.05) is 5.32 Å². The molecular weight excluding hydrogens is 258 g/mol. The summed E-state index contributed by atoms with van der Waals surface area (Å²) in [5, 5.41) is 8.72. The molecule has 2 aromatic rings. The first-order valence-electron chi connectivity index (χ1n) is 5.30. The third kappa shape index (κ3) is 3.47. The average Bonchev–Trinajstić information content (AvgIpc) is 2.74. The van der Waals surface area contributed by atoms with E-state index < -0.39 is 12.5 Å². The molecule has 0 aliphatic carbocycles. The maximum absolute atomic E-state index is 12.1. The van der Waals surface area contributed by atoms with E-state index in [-0.39, 0.29) is 17.3 Å². The van der Waals surface area contributed by atoms with Crippen molar-refractivity contribution in [3.05, 3.63) is 35.7 Å². The number of amides is 1. The first-order chi connectivity index (χ1) is 9.04. The number of ether oxygens (including phenoxy) is 1. The van der Waals surface area contributed by atoms with Gasteiger partial charge in [0.25, 0.3) is 5.91 Å². The van der Waals surface area contributed by atoms with Crippen LogP contribution in [0.15, 0.2) is 24.3 Å². The Morgan fingerprint density at radius 1 is 1.47 bits per heavy atom. The third-order valence-electron chi connectivity index (χ3n) is 2.14. The molecule has 0 fully saturated rings. The molecule has 1 heterocycles. The van der Waals surface area contributed by atoms with Gasteiger partial charge in [0.05, 0.1) is 0 Å². The van der Waals surface area contributed by atoms with Gasteiger partial charge in [-0.2, -0.15) is 13.8 Å². The number of H-pyrrole nitrogens is 1. The number of alkyl halides is 2. The van der Waals surface area contributed by atoms with E-state index in [1.807, 2.05) is 0 Å². The zero-order valence-electron chi connectivity index (χ0n) is 9.85. The molecule has 6 nitrogen and oxygen atoms in total. The van der Waals surface area contributed by atoms with Gasteiger partial charge in [-0.25, -0.2) is 0 Å². The number of benzene rings is 1. The molecule has 8 heteroatoms. The number of aromatic amines is 1. The molecule has 1 aromatic carbocycles. The predicted octanol–water partition coefficient (Wildman–Crippen LogP) is 1.97. The van der Waals surface area contributed by atoms with E-state index in [1.54, 1.807) is 6.92 Å². The second kappa shape index (κ2) is 5.42. The summed E-state index contributed by atoms with van der Waals surface area (Å²) in [5.41, 5.74) is 0.167. The number of nitrogens with one attached hydrogen (secondary N) is 2. The van der Waals surface area contributed by atoms with Crippen LogP contribution < -0.4 is 10.1 Å². The topological polar surface area (TPSA) is 79.9 Å². The van der Waals surface area contributed by atoms with Crippen molar-refractivity contribution in [3.8, 4) is 5.75 Å². The summed E-state index contributed by atoms with van der Waals surface area (Å²) in [6.07, 6.45) is 0. The summed E-state index contributed by atoms with van der Waals surface area (Å²) in [6.45, 7) is -1.26. The second-order valence-corrected chi connectivity index (χ2v) is 3.60. The van der Waals surface area contributed by atoms with Crippen LogP contribution in [0.3, 0.4) is 0 Å². The Kier molecular flexibility index (Phi) is 3.69. The van der Waals surface area contributed by atoms with Gasteiger partial charge in [0.2, 0.25) is 5.95 Å². The fraction of sp³-hybridized carbons (Fsp3) is 0.182. The number of nitrogens with zero attached hydrogens (tertiary/aromatic N) is 2. The summed E-state index contributed by atoms with van der Waals surface area (Å²) in [6, 6.07) is 5.45. The minimum Gasteiger partial charge on any atom is -0.435 e. The van der Waals surface area contributed by atoms with Crippen molar-refractivity contribution in [2.45, 2.75) is 13.5 Å². The Hall–Kier alpha value is -2.51. The summed E-state index contributed by atoms with van der Waals surface area (Å²) >= 11 is 0. The monoisotopic (exact) mass is 268 g/mol. The van der Waals surface area contributed by atoms with Gasteiger partial charge in [-0.05, 0) is 25.1 Å². The number of rotatable bonds is 4. The van der Waals surface area contributed by atoms with Crippen LogP contribution in [0, 0.1) is 6.92 Å². The highest BCUT2D eigenvalue weighted by Gasteiger charge is 2.11. The van der Waals surface area contributed by atoms with Crippen LogP contribution in [-0.4, -0.2) is 27.7 Å². The van der Waals surface area contributed by atoms with Crippen LogP contribution in [0.25, 0.3) is 0 Å². The van der Waals surface area contributed by atoms with Gasteiger partial charge in [0.15, 0.2) is 0 Å². The fourth-order valence-electron chi connectivity index (χ4n) is 1.39. The Morgan fingerprint density at radius 2 is 2.26 bits per heavy atom. The highest BCUT2D eigenvalue weighted by atomic mass is 19.3. The number of carbonyl (C=O) groups excluding carboxylic acids is 1. The first-order valence-corrected chi connectivity index (χ1v) is 5.30. The minimum absolute atomic E-state index is 0.0891. The van der Waals surface area contributed by atoms with Gasteiger partial charge in [-0.1, -0.05) is 6.07 Å². The molecule has 2 N–H and O–H groups in total. The highest BCUT2D eigenvalue weighted by molar-refractivity contribution is 6.03. The fourth-order valence-corrected chi connectivity index (χ4v) is 1.39. The highest BCUT2D eigenvalue weighted by Crippen LogP contribution is 2.16. The molecule has 2 rings (SSSR count). The second-order valence-electron chi connectivity index (χ2n) is 3.60. The molecule has 0 unspecified atom stereocenters. The Balaban J connectivity index is 2.10. The van der Waals surface area contributed by atoms with Gasteiger partial charge >= 0.3 is 6.61 Å². The molecule has 0 atom stereocenters. The van der Waals surface area contributed by atoms with Gasteiger partial charge in [0.1, 0.15) is 11.6 Å². The summed E-state index contributed by atoms with van der Waals surface area (Å²) in [7, 11) is 0. The maximum atomic E-state index is 12.1. The number of anilines is 1. The Bertz CT molecular complexity index is 586. The Labute approximate surface area is 106 Å². The lowest BCUT2D eigenvalue weighted by atomic mass is 10.2. The summed E-state index contributed by atoms with van der Waals surface area (Å²) < 4.78 is 28.3. The van der Waals surface area contributed by atoms with Crippen molar-refractivity contribution in [3.63, 3.8) is 0 Å². The molecule has 0 aliphatic heterocycles. The largest absolute Gasteiger partial charge is 0.435 e. The third-order valence-corrected chi connectivity index (χ3v) is 2.14. The lowest BCUT2D eigenvalue weighted by Gasteiger charge is -2.06. The molecular formula is C11H10F2N4O2. The van der Waals surface area contributed by atoms with Crippen LogP contribution in [0.4, 0.5) is 14.7 Å². The van der Waals surface area contributed by atoms with E-state index in [0.29, 0.717) is 5.82 Å². The number of aryl methyl sites for hydroxylation is 1. The van der Waals surface area contributed by atoms with Gasteiger partial charge < -0.3 is 4.74 Å². The molecule has 0 saturated heterocycles. The van der Waals surface area contributed by atoms with Crippen LogP contribution in [-0.2, 0) is 0 Å². The standard InChI is InChI=1S/C11H10F2N4O2/c1-6-14-11(17-16-6)15-9(18)7-3-2-4-8(5-7)19-10(12)13/h2-5,10H,1H3,(H2,14,15,16,17,18). The van der Waals surface area contributed by atoms with Crippen molar-refractivity contribution >= 4 is 11.9 Å². The van der Waals surface area contributed by atoms with E-state index in [9.17, 15) is 13.6 Å². The smallest absolute Gasteiger partial charge is 0.387 e. The van der Waals surface area contributed by atoms with Crippen LogP contribution in [0.2, 0.25) is 0 Å². The molecule has 1 amide bonds. The average molecular weight is 268 g/mol. The molecule has 0 saturated carbocycles. The minimum atomic E-state index is -2.94. The van der Waals surface area contributed by atoms with Crippen molar-refractivity contribution in [1.29, 1.82) is 0 Å². The van der Waals surface area contributed by atoms with Crippen molar-refractivity contribution in [1.82, 2.24) is 15.2 Å². The van der Waals surface area contributed by atoms with E-state index in [0.717, 1.165) is 0 Å². The lowest BCUT2D eigenvalue weighted by Crippen LogP contribution is -2.13. The number of aromatic nitrogens is 3. The molecule has 0 bridgehead atoms. The number of carbonyl (C=O) groups is 1. The quantitative estimate of drug-likeness (QED) is 0.888.